The molecule has 0 bridgehead atoms. The fraction of sp³-hybridized carbons (Fsp3) is 0.0263. The van der Waals surface area contributed by atoms with Crippen molar-refractivity contribution in [3.05, 3.63) is 161 Å². The summed E-state index contributed by atoms with van der Waals surface area (Å²) < 4.78 is 9.28. The summed E-state index contributed by atoms with van der Waals surface area (Å²) in [6, 6.07) is 49.2. The van der Waals surface area contributed by atoms with E-state index in [2.05, 4.69) is 114 Å². The fourth-order valence-corrected chi connectivity index (χ4v) is 7.30. The zero-order chi connectivity index (χ0) is 27.1. The highest BCUT2D eigenvalue weighted by Gasteiger charge is 2.50. The van der Waals surface area contributed by atoms with Crippen molar-refractivity contribution in [1.29, 1.82) is 5.26 Å². The van der Waals surface area contributed by atoms with Gasteiger partial charge in [0.05, 0.1) is 33.8 Å². The van der Waals surface area contributed by atoms with E-state index < -0.39 is 5.41 Å². The van der Waals surface area contributed by atoms with Crippen molar-refractivity contribution in [1.82, 2.24) is 4.57 Å². The van der Waals surface area contributed by atoms with Gasteiger partial charge in [-0.1, -0.05) is 103 Å². The monoisotopic (exact) mass is 522 g/mol. The first-order chi connectivity index (χ1) is 20.3. The maximum atomic E-state index is 9.39. The summed E-state index contributed by atoms with van der Waals surface area (Å²) in [4.78, 5) is 0. The van der Waals surface area contributed by atoms with E-state index >= 15 is 0 Å². The smallest absolute Gasteiger partial charge is 0.140 e. The molecule has 1 spiro atoms. The number of para-hydroxylation sites is 5. The van der Waals surface area contributed by atoms with Crippen molar-refractivity contribution in [2.24, 2.45) is 0 Å². The van der Waals surface area contributed by atoms with Crippen LogP contribution in [0, 0.1) is 11.3 Å². The van der Waals surface area contributed by atoms with Crippen LogP contribution in [0.4, 0.5) is 0 Å². The normalized spacial score (nSPS) is 16.1. The quantitative estimate of drug-likeness (QED) is 0.216. The number of benzene rings is 6. The number of hydrogen-bond donors (Lipinski definition) is 0. The predicted molar refractivity (Wildman–Crippen MR) is 163 cm³/mol. The second-order valence-corrected chi connectivity index (χ2v) is 10.8. The van der Waals surface area contributed by atoms with E-state index in [4.69, 9.17) is 4.74 Å². The van der Waals surface area contributed by atoms with Gasteiger partial charge in [-0.3, -0.25) is 0 Å². The Kier molecular flexibility index (Phi) is 4.33. The van der Waals surface area contributed by atoms with Crippen LogP contribution >= 0.6 is 0 Å². The summed E-state index contributed by atoms with van der Waals surface area (Å²) in [5.74, 6) is 1.71. The lowest BCUT2D eigenvalue weighted by Gasteiger charge is -2.45. The Morgan fingerprint density at radius 3 is 2.15 bits per heavy atom. The highest BCUT2D eigenvalue weighted by Crippen LogP contribution is 2.61. The van der Waals surface area contributed by atoms with Crippen molar-refractivity contribution >= 4 is 21.8 Å². The third kappa shape index (κ3) is 2.71. The van der Waals surface area contributed by atoms with Crippen LogP contribution in [-0.4, -0.2) is 4.57 Å². The van der Waals surface area contributed by atoms with Crippen molar-refractivity contribution in [2.75, 3.05) is 0 Å². The van der Waals surface area contributed by atoms with Gasteiger partial charge in [0.15, 0.2) is 0 Å². The van der Waals surface area contributed by atoms with Crippen LogP contribution in [0.15, 0.2) is 133 Å². The maximum absolute atomic E-state index is 9.39. The predicted octanol–water partition coefficient (Wildman–Crippen LogP) is 9.12. The number of rotatable bonds is 1. The average Bonchev–Trinajstić information content (AvgIpc) is 3.38. The molecule has 2 aliphatic rings. The summed E-state index contributed by atoms with van der Waals surface area (Å²) in [7, 11) is 0. The molecule has 2 aliphatic heterocycles. The third-order valence-electron chi connectivity index (χ3n) is 8.89. The lowest BCUT2D eigenvalue weighted by molar-refractivity contribution is 0.435. The van der Waals surface area contributed by atoms with E-state index in [9.17, 15) is 5.26 Å². The minimum Gasteiger partial charge on any atom is -0.456 e. The lowest BCUT2D eigenvalue weighted by atomic mass is 9.61. The molecule has 9 rings (SSSR count). The highest BCUT2D eigenvalue weighted by molar-refractivity contribution is 6.12. The lowest BCUT2D eigenvalue weighted by Crippen LogP contribution is -2.37. The van der Waals surface area contributed by atoms with Gasteiger partial charge in [0.25, 0.3) is 0 Å². The summed E-state index contributed by atoms with van der Waals surface area (Å²) in [5.41, 5.74) is 10.5. The standard InChI is InChI=1S/C38H22N2O/c39-23-24-19-21-25(22-20-24)26-10-7-15-32-37(26)41-35-18-6-3-13-30(35)38(32)29-12-2-5-17-34(29)40-33-16-4-1-9-27(33)28-11-8-14-31(38)36(28)40/h1-22H. The number of hydrogen-bond acceptors (Lipinski definition) is 2. The van der Waals surface area contributed by atoms with Crippen LogP contribution < -0.4 is 4.74 Å². The van der Waals surface area contributed by atoms with Crippen LogP contribution in [0.2, 0.25) is 0 Å². The minimum absolute atomic E-state index is 0.590. The van der Waals surface area contributed by atoms with E-state index in [0.717, 1.165) is 33.8 Å². The molecule has 6 aromatic carbocycles. The molecule has 3 nitrogen and oxygen atoms in total. The van der Waals surface area contributed by atoms with E-state index in [1.165, 1.54) is 38.6 Å². The Labute approximate surface area is 237 Å². The number of nitriles is 1. The third-order valence-corrected chi connectivity index (χ3v) is 8.89. The summed E-state index contributed by atoms with van der Waals surface area (Å²) in [5, 5.41) is 11.9. The van der Waals surface area contributed by atoms with Gasteiger partial charge >= 0.3 is 0 Å². The molecule has 0 saturated heterocycles. The van der Waals surface area contributed by atoms with Crippen molar-refractivity contribution < 1.29 is 4.74 Å². The molecule has 0 radical (unpaired) electrons. The van der Waals surface area contributed by atoms with Gasteiger partial charge < -0.3 is 9.30 Å². The maximum Gasteiger partial charge on any atom is 0.140 e. The van der Waals surface area contributed by atoms with Crippen molar-refractivity contribution in [3.63, 3.8) is 0 Å². The number of ether oxygens (including phenoxy) is 1. The van der Waals surface area contributed by atoms with Crippen LogP contribution in [0.1, 0.15) is 27.8 Å². The zero-order valence-corrected chi connectivity index (χ0v) is 22.0. The molecule has 1 unspecified atom stereocenters. The molecule has 190 valence electrons. The molecule has 41 heavy (non-hydrogen) atoms. The molecule has 0 saturated carbocycles. The van der Waals surface area contributed by atoms with Gasteiger partial charge in [0, 0.05) is 27.5 Å². The Balaban J connectivity index is 1.49. The molecule has 0 fully saturated rings. The largest absolute Gasteiger partial charge is 0.456 e. The summed E-state index contributed by atoms with van der Waals surface area (Å²) in [6.45, 7) is 0. The molecule has 7 aromatic rings. The highest BCUT2D eigenvalue weighted by atomic mass is 16.5. The number of fused-ring (bicyclic) bond motifs is 11. The number of aromatic nitrogens is 1. The Hall–Kier alpha value is -5.59. The van der Waals surface area contributed by atoms with Crippen LogP contribution in [0.25, 0.3) is 38.6 Å². The van der Waals surface area contributed by atoms with E-state index in [-0.39, 0.29) is 0 Å². The van der Waals surface area contributed by atoms with E-state index in [1.807, 2.05) is 30.3 Å². The van der Waals surface area contributed by atoms with Gasteiger partial charge in [-0.05, 0) is 47.0 Å². The molecule has 3 heteroatoms. The molecular formula is C38H22N2O. The molecule has 0 N–H and O–H groups in total. The first-order valence-corrected chi connectivity index (χ1v) is 13.8. The molecule has 0 aliphatic carbocycles. The average molecular weight is 523 g/mol. The Morgan fingerprint density at radius 2 is 1.27 bits per heavy atom. The SMILES string of the molecule is N#Cc1ccc(-c2cccc3c2Oc2ccccc2C32c3ccccc3-n3c4ccccc4c4cccc2c43)cc1. The molecule has 0 amide bonds. The fourth-order valence-electron chi connectivity index (χ4n) is 7.30. The topological polar surface area (TPSA) is 37.9 Å². The number of nitrogens with zero attached hydrogens (tertiary/aromatic N) is 2. The van der Waals surface area contributed by atoms with E-state index in [0.29, 0.717) is 5.56 Å². The summed E-state index contributed by atoms with van der Waals surface area (Å²) >= 11 is 0. The van der Waals surface area contributed by atoms with Gasteiger partial charge in [0.1, 0.15) is 11.5 Å². The van der Waals surface area contributed by atoms with Crippen molar-refractivity contribution in [3.8, 4) is 34.4 Å². The van der Waals surface area contributed by atoms with Crippen LogP contribution in [-0.2, 0) is 5.41 Å². The minimum atomic E-state index is -0.590. The second-order valence-electron chi connectivity index (χ2n) is 10.8. The summed E-state index contributed by atoms with van der Waals surface area (Å²) in [6.07, 6.45) is 0. The van der Waals surface area contributed by atoms with Crippen molar-refractivity contribution in [2.45, 2.75) is 5.41 Å². The van der Waals surface area contributed by atoms with Gasteiger partial charge in [-0.2, -0.15) is 5.26 Å². The molecular weight excluding hydrogens is 500 g/mol. The van der Waals surface area contributed by atoms with E-state index in [1.54, 1.807) is 0 Å². The zero-order valence-electron chi connectivity index (χ0n) is 22.0. The Bertz CT molecular complexity index is 2250. The molecule has 1 atom stereocenters. The van der Waals surface area contributed by atoms with Crippen LogP contribution in [0.5, 0.6) is 11.5 Å². The van der Waals surface area contributed by atoms with Gasteiger partial charge in [-0.25, -0.2) is 0 Å². The van der Waals surface area contributed by atoms with Gasteiger partial charge in [0.2, 0.25) is 0 Å². The first-order valence-electron chi connectivity index (χ1n) is 13.8. The molecule has 3 heterocycles. The second kappa shape index (κ2) is 7.97. The van der Waals surface area contributed by atoms with Gasteiger partial charge in [-0.15, -0.1) is 0 Å². The first kappa shape index (κ1) is 22.2. The van der Waals surface area contributed by atoms with Crippen LogP contribution in [0.3, 0.4) is 0 Å². The molecule has 1 aromatic heterocycles. The Morgan fingerprint density at radius 1 is 0.585 bits per heavy atom.